The van der Waals surface area contributed by atoms with E-state index in [2.05, 4.69) is 5.32 Å². The van der Waals surface area contributed by atoms with E-state index in [0.717, 1.165) is 4.31 Å². The summed E-state index contributed by atoms with van der Waals surface area (Å²) in [5.74, 6) is -0.903. The molecule has 1 unspecified atom stereocenters. The minimum atomic E-state index is -4.11. The van der Waals surface area contributed by atoms with Crippen LogP contribution in [0.15, 0.2) is 83.8 Å². The Morgan fingerprint density at radius 1 is 0.917 bits per heavy atom. The van der Waals surface area contributed by atoms with E-state index in [0.29, 0.717) is 22.2 Å². The number of halogens is 2. The summed E-state index contributed by atoms with van der Waals surface area (Å²) in [4.78, 5) is 27.8. The topological polar surface area (TPSA) is 86.8 Å². The number of sulfonamides is 1. The second kappa shape index (κ2) is 12.3. The number of anilines is 1. The van der Waals surface area contributed by atoms with Crippen molar-refractivity contribution in [2.45, 2.75) is 31.3 Å². The molecule has 190 valence electrons. The van der Waals surface area contributed by atoms with Gasteiger partial charge in [-0.15, -0.1) is 0 Å². The maximum atomic E-state index is 13.7. The van der Waals surface area contributed by atoms with E-state index in [4.69, 9.17) is 23.2 Å². The number of nitrogens with zero attached hydrogens (tertiary/aromatic N) is 2. The molecule has 3 aromatic carbocycles. The zero-order valence-electron chi connectivity index (χ0n) is 19.9. The second-order valence-corrected chi connectivity index (χ2v) is 10.8. The van der Waals surface area contributed by atoms with Crippen LogP contribution < -0.4 is 9.62 Å². The lowest BCUT2D eigenvalue weighted by Gasteiger charge is -2.32. The van der Waals surface area contributed by atoms with Crippen LogP contribution in [0.3, 0.4) is 0 Å². The van der Waals surface area contributed by atoms with E-state index < -0.39 is 28.5 Å². The largest absolute Gasteiger partial charge is 0.355 e. The van der Waals surface area contributed by atoms with Gasteiger partial charge in [0.25, 0.3) is 10.0 Å². The van der Waals surface area contributed by atoms with Gasteiger partial charge in [-0.1, -0.05) is 53.5 Å². The zero-order valence-corrected chi connectivity index (χ0v) is 22.2. The van der Waals surface area contributed by atoms with Gasteiger partial charge in [0.2, 0.25) is 11.8 Å². The number of rotatable bonds is 10. The van der Waals surface area contributed by atoms with Crippen LogP contribution in [-0.4, -0.2) is 44.3 Å². The molecule has 1 atom stereocenters. The first-order valence-corrected chi connectivity index (χ1v) is 13.5. The average molecular weight is 548 g/mol. The number of carbonyl (C=O) groups is 2. The molecule has 0 radical (unpaired) electrons. The average Bonchev–Trinajstić information content (AvgIpc) is 2.86. The highest BCUT2D eigenvalue weighted by Crippen LogP contribution is 2.26. The molecule has 0 spiro atoms. The SMILES string of the molecule is CCNC(=O)C(C)N(Cc1cccc(Cl)c1)C(=O)CN(c1ccc(Cl)cc1)S(=O)(=O)c1ccccc1. The van der Waals surface area contributed by atoms with Crippen LogP contribution in [0.4, 0.5) is 5.69 Å². The Kier molecular flexibility index (Phi) is 9.37. The minimum absolute atomic E-state index is 0.0333. The summed E-state index contributed by atoms with van der Waals surface area (Å²) in [7, 11) is -4.11. The van der Waals surface area contributed by atoms with Crippen LogP contribution in [0.25, 0.3) is 0 Å². The summed E-state index contributed by atoms with van der Waals surface area (Å²) >= 11 is 12.1. The second-order valence-electron chi connectivity index (χ2n) is 8.02. The van der Waals surface area contributed by atoms with E-state index in [1.165, 1.54) is 29.2 Å². The van der Waals surface area contributed by atoms with E-state index in [1.807, 2.05) is 0 Å². The first-order chi connectivity index (χ1) is 17.1. The smallest absolute Gasteiger partial charge is 0.264 e. The fourth-order valence-corrected chi connectivity index (χ4v) is 5.37. The molecule has 0 aliphatic carbocycles. The molecule has 10 heteroatoms. The summed E-state index contributed by atoms with van der Waals surface area (Å²) in [5, 5.41) is 3.63. The number of carbonyl (C=O) groups excluding carboxylic acids is 2. The van der Waals surface area contributed by atoms with Crippen molar-refractivity contribution in [3.63, 3.8) is 0 Å². The van der Waals surface area contributed by atoms with Crippen molar-refractivity contribution in [3.05, 3.63) is 94.5 Å². The highest BCUT2D eigenvalue weighted by Gasteiger charge is 2.32. The number of hydrogen-bond donors (Lipinski definition) is 1. The monoisotopic (exact) mass is 547 g/mol. The summed E-state index contributed by atoms with van der Waals surface area (Å²) in [6, 6.07) is 20.1. The third-order valence-electron chi connectivity index (χ3n) is 5.48. The normalized spacial score (nSPS) is 12.0. The van der Waals surface area contributed by atoms with Gasteiger partial charge in [-0.05, 0) is 67.9 Å². The maximum Gasteiger partial charge on any atom is 0.264 e. The lowest BCUT2D eigenvalue weighted by molar-refractivity contribution is -0.139. The molecule has 0 fully saturated rings. The van der Waals surface area contributed by atoms with Gasteiger partial charge in [-0.2, -0.15) is 0 Å². The lowest BCUT2D eigenvalue weighted by atomic mass is 10.1. The molecule has 0 aromatic heterocycles. The van der Waals surface area contributed by atoms with Crippen LogP contribution in [0, 0.1) is 0 Å². The molecular weight excluding hydrogens is 521 g/mol. The van der Waals surface area contributed by atoms with Crippen molar-refractivity contribution in [3.8, 4) is 0 Å². The number of amides is 2. The predicted molar refractivity (Wildman–Crippen MR) is 143 cm³/mol. The van der Waals surface area contributed by atoms with Crippen molar-refractivity contribution in [2.75, 3.05) is 17.4 Å². The van der Waals surface area contributed by atoms with E-state index in [9.17, 15) is 18.0 Å². The van der Waals surface area contributed by atoms with Gasteiger partial charge in [0.15, 0.2) is 0 Å². The molecule has 0 saturated carbocycles. The van der Waals surface area contributed by atoms with Crippen molar-refractivity contribution < 1.29 is 18.0 Å². The Bertz CT molecular complexity index is 1300. The molecule has 1 N–H and O–H groups in total. The van der Waals surface area contributed by atoms with E-state index in [-0.39, 0.29) is 23.0 Å². The Morgan fingerprint density at radius 3 is 2.19 bits per heavy atom. The highest BCUT2D eigenvalue weighted by atomic mass is 35.5. The standard InChI is InChI=1S/C26H27Cl2N3O4S/c1-3-29-26(33)19(2)30(17-20-8-7-9-22(28)16-20)25(32)18-31(23-14-12-21(27)13-15-23)36(34,35)24-10-5-4-6-11-24/h4-16,19H,3,17-18H2,1-2H3,(H,29,33). The molecule has 0 saturated heterocycles. The van der Waals surface area contributed by atoms with Gasteiger partial charge < -0.3 is 10.2 Å². The predicted octanol–water partition coefficient (Wildman–Crippen LogP) is 4.74. The fraction of sp³-hybridized carbons (Fsp3) is 0.231. The number of likely N-dealkylation sites (N-methyl/N-ethyl adjacent to an activating group) is 1. The summed E-state index contributed by atoms with van der Waals surface area (Å²) in [6.07, 6.45) is 0. The van der Waals surface area contributed by atoms with Gasteiger partial charge in [0, 0.05) is 23.1 Å². The van der Waals surface area contributed by atoms with Gasteiger partial charge in [0.05, 0.1) is 10.6 Å². The lowest BCUT2D eigenvalue weighted by Crippen LogP contribution is -2.51. The van der Waals surface area contributed by atoms with Gasteiger partial charge in [-0.3, -0.25) is 13.9 Å². The molecule has 7 nitrogen and oxygen atoms in total. The molecule has 3 aromatic rings. The van der Waals surface area contributed by atoms with E-state index >= 15 is 0 Å². The van der Waals surface area contributed by atoms with Crippen LogP contribution in [-0.2, 0) is 26.2 Å². The quantitative estimate of drug-likeness (QED) is 0.397. The third-order valence-corrected chi connectivity index (χ3v) is 7.76. The van der Waals surface area contributed by atoms with Gasteiger partial charge >= 0.3 is 0 Å². The van der Waals surface area contributed by atoms with Crippen LogP contribution >= 0.6 is 23.2 Å². The first-order valence-electron chi connectivity index (χ1n) is 11.3. The molecule has 0 heterocycles. The number of benzene rings is 3. The van der Waals surface area contributed by atoms with Crippen molar-refractivity contribution in [1.29, 1.82) is 0 Å². The van der Waals surface area contributed by atoms with Crippen LogP contribution in [0.2, 0.25) is 10.0 Å². The molecule has 3 rings (SSSR count). The zero-order chi connectivity index (χ0) is 26.3. The first kappa shape index (κ1) is 27.5. The minimum Gasteiger partial charge on any atom is -0.355 e. The maximum absolute atomic E-state index is 13.7. The number of hydrogen-bond acceptors (Lipinski definition) is 4. The van der Waals surface area contributed by atoms with Crippen molar-refractivity contribution in [2.24, 2.45) is 0 Å². The molecule has 2 amide bonds. The van der Waals surface area contributed by atoms with E-state index in [1.54, 1.807) is 68.4 Å². The summed E-state index contributed by atoms with van der Waals surface area (Å²) in [5.41, 5.74) is 0.973. The van der Waals surface area contributed by atoms with Crippen LogP contribution in [0.5, 0.6) is 0 Å². The van der Waals surface area contributed by atoms with Gasteiger partial charge in [0.1, 0.15) is 12.6 Å². The fourth-order valence-electron chi connectivity index (χ4n) is 3.59. The molecular formula is C26H27Cl2N3O4S. The molecule has 0 aliphatic rings. The van der Waals surface area contributed by atoms with Crippen LogP contribution in [0.1, 0.15) is 19.4 Å². The summed E-state index contributed by atoms with van der Waals surface area (Å²) in [6.45, 7) is 3.32. The number of nitrogens with one attached hydrogen (secondary N) is 1. The Labute approximate surface area is 221 Å². The molecule has 0 aliphatic heterocycles. The third kappa shape index (κ3) is 6.78. The summed E-state index contributed by atoms with van der Waals surface area (Å²) < 4.78 is 28.2. The molecule has 36 heavy (non-hydrogen) atoms. The van der Waals surface area contributed by atoms with Crippen molar-refractivity contribution in [1.82, 2.24) is 10.2 Å². The van der Waals surface area contributed by atoms with Crippen molar-refractivity contribution >= 4 is 50.7 Å². The molecule has 0 bridgehead atoms. The highest BCUT2D eigenvalue weighted by molar-refractivity contribution is 7.92. The Balaban J connectivity index is 2.01. The Morgan fingerprint density at radius 2 is 1.58 bits per heavy atom. The Hall–Kier alpha value is -3.07. The van der Waals surface area contributed by atoms with Gasteiger partial charge in [-0.25, -0.2) is 8.42 Å².